The van der Waals surface area contributed by atoms with E-state index in [9.17, 15) is 0 Å². The SMILES string of the molecule is COc1cnc(NCCNC2CCCCCC2)nc1. The van der Waals surface area contributed by atoms with Crippen molar-refractivity contribution < 1.29 is 4.74 Å². The maximum atomic E-state index is 5.02. The van der Waals surface area contributed by atoms with E-state index in [0.717, 1.165) is 13.1 Å². The summed E-state index contributed by atoms with van der Waals surface area (Å²) in [5, 5.41) is 6.82. The number of anilines is 1. The lowest BCUT2D eigenvalue weighted by Gasteiger charge is -2.16. The molecule has 106 valence electrons. The summed E-state index contributed by atoms with van der Waals surface area (Å²) in [4.78, 5) is 8.35. The molecule has 0 aliphatic heterocycles. The average molecular weight is 264 g/mol. The van der Waals surface area contributed by atoms with Crippen molar-refractivity contribution in [2.24, 2.45) is 0 Å². The lowest BCUT2D eigenvalue weighted by molar-refractivity contribution is 0.411. The standard InChI is InChI=1S/C14H24N4O/c1-19-13-10-17-14(18-11-13)16-9-8-15-12-6-4-2-3-5-7-12/h10-12,15H,2-9H2,1H3,(H,16,17,18). The molecular formula is C14H24N4O. The van der Waals surface area contributed by atoms with E-state index in [-0.39, 0.29) is 0 Å². The summed E-state index contributed by atoms with van der Waals surface area (Å²) in [5.41, 5.74) is 0. The third-order valence-electron chi connectivity index (χ3n) is 3.56. The van der Waals surface area contributed by atoms with Crippen LogP contribution in [0.5, 0.6) is 5.75 Å². The first-order chi connectivity index (χ1) is 9.38. The predicted octanol–water partition coefficient (Wildman–Crippen LogP) is 2.21. The molecular weight excluding hydrogens is 240 g/mol. The minimum atomic E-state index is 0.656. The molecule has 0 unspecified atom stereocenters. The van der Waals surface area contributed by atoms with Gasteiger partial charge >= 0.3 is 0 Å². The molecule has 1 saturated carbocycles. The highest BCUT2D eigenvalue weighted by Crippen LogP contribution is 2.16. The second-order valence-electron chi connectivity index (χ2n) is 5.02. The molecule has 2 N–H and O–H groups in total. The van der Waals surface area contributed by atoms with Gasteiger partial charge in [-0.2, -0.15) is 0 Å². The highest BCUT2D eigenvalue weighted by atomic mass is 16.5. The Balaban J connectivity index is 1.62. The third kappa shape index (κ3) is 5.03. The Labute approximate surface area is 115 Å². The van der Waals surface area contributed by atoms with Gasteiger partial charge in [-0.25, -0.2) is 9.97 Å². The van der Waals surface area contributed by atoms with E-state index in [2.05, 4.69) is 20.6 Å². The fourth-order valence-corrected chi connectivity index (χ4v) is 2.45. The Morgan fingerprint density at radius 2 is 1.79 bits per heavy atom. The first-order valence-corrected chi connectivity index (χ1v) is 7.22. The van der Waals surface area contributed by atoms with Crippen molar-refractivity contribution in [1.82, 2.24) is 15.3 Å². The quantitative estimate of drug-likeness (QED) is 0.609. The second kappa shape index (κ2) is 7.94. The monoisotopic (exact) mass is 264 g/mol. The zero-order chi connectivity index (χ0) is 13.3. The van der Waals surface area contributed by atoms with E-state index >= 15 is 0 Å². The molecule has 1 heterocycles. The lowest BCUT2D eigenvalue weighted by Crippen LogP contribution is -2.32. The van der Waals surface area contributed by atoms with E-state index in [1.54, 1.807) is 19.5 Å². The molecule has 0 radical (unpaired) electrons. The number of aromatic nitrogens is 2. The molecule has 2 rings (SSSR count). The molecule has 1 aliphatic rings. The molecule has 0 bridgehead atoms. The molecule has 1 aliphatic carbocycles. The molecule has 1 aromatic heterocycles. The molecule has 1 aromatic rings. The predicted molar refractivity (Wildman–Crippen MR) is 76.6 cm³/mol. The molecule has 0 atom stereocenters. The minimum Gasteiger partial charge on any atom is -0.494 e. The number of hydrogen-bond donors (Lipinski definition) is 2. The van der Waals surface area contributed by atoms with Gasteiger partial charge in [0.1, 0.15) is 0 Å². The summed E-state index contributed by atoms with van der Waals surface area (Å²) < 4.78 is 5.02. The smallest absolute Gasteiger partial charge is 0.222 e. The fraction of sp³-hybridized carbons (Fsp3) is 0.714. The number of hydrogen-bond acceptors (Lipinski definition) is 5. The van der Waals surface area contributed by atoms with Gasteiger partial charge in [0, 0.05) is 19.1 Å². The molecule has 5 nitrogen and oxygen atoms in total. The zero-order valence-electron chi connectivity index (χ0n) is 11.7. The van der Waals surface area contributed by atoms with Crippen LogP contribution in [-0.4, -0.2) is 36.2 Å². The number of nitrogens with one attached hydrogen (secondary N) is 2. The van der Waals surface area contributed by atoms with Crippen LogP contribution in [0.2, 0.25) is 0 Å². The lowest BCUT2D eigenvalue weighted by atomic mass is 10.1. The topological polar surface area (TPSA) is 59.1 Å². The molecule has 19 heavy (non-hydrogen) atoms. The normalized spacial score (nSPS) is 16.9. The van der Waals surface area contributed by atoms with Crippen LogP contribution in [-0.2, 0) is 0 Å². The number of nitrogens with zero attached hydrogens (tertiary/aromatic N) is 2. The van der Waals surface area contributed by atoms with Crippen molar-refractivity contribution in [3.8, 4) is 5.75 Å². The molecule has 5 heteroatoms. The van der Waals surface area contributed by atoms with Gasteiger partial charge in [0.25, 0.3) is 0 Å². The minimum absolute atomic E-state index is 0.656. The maximum Gasteiger partial charge on any atom is 0.222 e. The van der Waals surface area contributed by atoms with E-state index in [1.807, 2.05) is 0 Å². The Kier molecular flexibility index (Phi) is 5.88. The van der Waals surface area contributed by atoms with Crippen LogP contribution >= 0.6 is 0 Å². The molecule has 0 saturated heterocycles. The first-order valence-electron chi connectivity index (χ1n) is 7.22. The molecule has 0 aromatic carbocycles. The van der Waals surface area contributed by atoms with Crippen molar-refractivity contribution in [3.63, 3.8) is 0 Å². The highest BCUT2D eigenvalue weighted by molar-refractivity contribution is 5.26. The van der Waals surface area contributed by atoms with Crippen molar-refractivity contribution in [2.75, 3.05) is 25.5 Å². The number of methoxy groups -OCH3 is 1. The molecule has 0 amide bonds. The van der Waals surface area contributed by atoms with Crippen molar-refractivity contribution in [2.45, 2.75) is 44.6 Å². The van der Waals surface area contributed by atoms with Crippen LogP contribution in [0.4, 0.5) is 5.95 Å². The fourth-order valence-electron chi connectivity index (χ4n) is 2.45. The summed E-state index contributed by atoms with van der Waals surface area (Å²) in [5.74, 6) is 1.34. The summed E-state index contributed by atoms with van der Waals surface area (Å²) in [6.45, 7) is 1.81. The van der Waals surface area contributed by atoms with Gasteiger partial charge in [-0.15, -0.1) is 0 Å². The summed E-state index contributed by atoms with van der Waals surface area (Å²) in [6, 6.07) is 0.695. The van der Waals surface area contributed by atoms with Crippen LogP contribution in [0.25, 0.3) is 0 Å². The van der Waals surface area contributed by atoms with Crippen molar-refractivity contribution in [3.05, 3.63) is 12.4 Å². The Hall–Kier alpha value is -1.36. The Morgan fingerprint density at radius 1 is 1.11 bits per heavy atom. The molecule has 1 fully saturated rings. The largest absolute Gasteiger partial charge is 0.494 e. The second-order valence-corrected chi connectivity index (χ2v) is 5.02. The van der Waals surface area contributed by atoms with Crippen LogP contribution in [0.15, 0.2) is 12.4 Å². The van der Waals surface area contributed by atoms with Crippen LogP contribution < -0.4 is 15.4 Å². The van der Waals surface area contributed by atoms with Gasteiger partial charge in [0.15, 0.2) is 5.75 Å². The van der Waals surface area contributed by atoms with Gasteiger partial charge in [0.05, 0.1) is 19.5 Å². The van der Waals surface area contributed by atoms with E-state index in [0.29, 0.717) is 17.7 Å². The number of ether oxygens (including phenoxy) is 1. The zero-order valence-corrected chi connectivity index (χ0v) is 11.7. The van der Waals surface area contributed by atoms with E-state index < -0.39 is 0 Å². The maximum absolute atomic E-state index is 5.02. The van der Waals surface area contributed by atoms with Gasteiger partial charge in [-0.1, -0.05) is 25.7 Å². The highest BCUT2D eigenvalue weighted by Gasteiger charge is 2.10. The molecule has 0 spiro atoms. The summed E-state index contributed by atoms with van der Waals surface area (Å²) in [6.07, 6.45) is 11.5. The average Bonchev–Trinajstić information content (AvgIpc) is 2.73. The third-order valence-corrected chi connectivity index (χ3v) is 3.56. The van der Waals surface area contributed by atoms with Crippen molar-refractivity contribution in [1.29, 1.82) is 0 Å². The van der Waals surface area contributed by atoms with Crippen molar-refractivity contribution >= 4 is 5.95 Å². The van der Waals surface area contributed by atoms with E-state index in [4.69, 9.17) is 4.74 Å². The van der Waals surface area contributed by atoms with Gasteiger partial charge < -0.3 is 15.4 Å². The van der Waals surface area contributed by atoms with Crippen LogP contribution in [0.1, 0.15) is 38.5 Å². The summed E-state index contributed by atoms with van der Waals surface area (Å²) >= 11 is 0. The Morgan fingerprint density at radius 3 is 2.42 bits per heavy atom. The van der Waals surface area contributed by atoms with Gasteiger partial charge in [0.2, 0.25) is 5.95 Å². The van der Waals surface area contributed by atoms with Crippen LogP contribution in [0.3, 0.4) is 0 Å². The van der Waals surface area contributed by atoms with Gasteiger partial charge in [-0.05, 0) is 12.8 Å². The first kappa shape index (κ1) is 14.1. The van der Waals surface area contributed by atoms with Crippen LogP contribution in [0, 0.1) is 0 Å². The van der Waals surface area contributed by atoms with E-state index in [1.165, 1.54) is 38.5 Å². The summed E-state index contributed by atoms with van der Waals surface area (Å²) in [7, 11) is 1.61. The van der Waals surface area contributed by atoms with Gasteiger partial charge in [-0.3, -0.25) is 0 Å². The number of rotatable bonds is 6. The Bertz CT molecular complexity index is 347.